The van der Waals surface area contributed by atoms with Crippen LogP contribution >= 0.6 is 0 Å². The molecule has 0 spiro atoms. The highest BCUT2D eigenvalue weighted by molar-refractivity contribution is 5.76. The lowest BCUT2D eigenvalue weighted by atomic mass is 10.1. The Morgan fingerprint density at radius 1 is 1.11 bits per heavy atom. The third kappa shape index (κ3) is 2.13. The lowest BCUT2D eigenvalue weighted by Gasteiger charge is -2.25. The molecule has 1 aromatic heterocycles. The molecule has 2 aromatic rings. The minimum Gasteiger partial charge on any atom is -0.284 e. The Hall–Kier alpha value is -1.75. The van der Waals surface area contributed by atoms with E-state index in [-0.39, 0.29) is 5.56 Å². The molecule has 2 heterocycles. The van der Waals surface area contributed by atoms with Gasteiger partial charge in [-0.25, -0.2) is 0 Å². The van der Waals surface area contributed by atoms with Gasteiger partial charge in [0.1, 0.15) is 5.52 Å². The molecule has 0 amide bonds. The number of benzene rings is 1. The van der Waals surface area contributed by atoms with Gasteiger partial charge in [-0.05, 0) is 38.1 Å². The van der Waals surface area contributed by atoms with Crippen LogP contribution in [0.25, 0.3) is 10.9 Å². The molecule has 3 rings (SSSR count). The van der Waals surface area contributed by atoms with Crippen LogP contribution in [-0.4, -0.2) is 33.0 Å². The van der Waals surface area contributed by atoms with Gasteiger partial charge in [0.2, 0.25) is 0 Å². The molecule has 0 atom stereocenters. The average molecular weight is 244 g/mol. The standard InChI is InChI=1S/C13H16N4O/c18-13-11-6-2-3-7-12(11)14-15-17(13)10-16-8-4-1-5-9-16/h2-3,6-7H,1,4-5,8-10H2. The number of piperidine rings is 1. The van der Waals surface area contributed by atoms with Gasteiger partial charge >= 0.3 is 0 Å². The molecule has 1 aliphatic heterocycles. The lowest BCUT2D eigenvalue weighted by molar-refractivity contribution is 0.167. The van der Waals surface area contributed by atoms with Gasteiger partial charge in [-0.1, -0.05) is 23.8 Å². The highest BCUT2D eigenvalue weighted by atomic mass is 16.1. The highest BCUT2D eigenvalue weighted by Gasteiger charge is 2.12. The zero-order chi connectivity index (χ0) is 12.4. The number of hydrogen-bond donors (Lipinski definition) is 0. The van der Waals surface area contributed by atoms with Crippen LogP contribution in [0.15, 0.2) is 29.1 Å². The Labute approximate surface area is 105 Å². The van der Waals surface area contributed by atoms with Gasteiger partial charge < -0.3 is 0 Å². The molecule has 0 saturated carbocycles. The molecule has 0 bridgehead atoms. The molecule has 94 valence electrons. The van der Waals surface area contributed by atoms with Crippen molar-refractivity contribution < 1.29 is 0 Å². The molecular formula is C13H16N4O. The highest BCUT2D eigenvalue weighted by Crippen LogP contribution is 2.09. The first-order chi connectivity index (χ1) is 8.84. The number of hydrogen-bond acceptors (Lipinski definition) is 4. The van der Waals surface area contributed by atoms with Crippen LogP contribution in [0.5, 0.6) is 0 Å². The quantitative estimate of drug-likeness (QED) is 0.797. The minimum absolute atomic E-state index is 0.0498. The van der Waals surface area contributed by atoms with E-state index in [1.165, 1.54) is 23.9 Å². The van der Waals surface area contributed by atoms with Crippen LogP contribution < -0.4 is 5.56 Å². The van der Waals surface area contributed by atoms with Gasteiger partial charge in [-0.15, -0.1) is 5.10 Å². The molecule has 0 unspecified atom stereocenters. The molecule has 0 N–H and O–H groups in total. The van der Waals surface area contributed by atoms with E-state index >= 15 is 0 Å². The Morgan fingerprint density at radius 3 is 2.72 bits per heavy atom. The molecule has 5 nitrogen and oxygen atoms in total. The molecule has 1 fully saturated rings. The van der Waals surface area contributed by atoms with Crippen molar-refractivity contribution in [3.8, 4) is 0 Å². The normalized spacial score (nSPS) is 17.1. The molecule has 1 saturated heterocycles. The van der Waals surface area contributed by atoms with Crippen LogP contribution in [0.3, 0.4) is 0 Å². The average Bonchev–Trinajstić information content (AvgIpc) is 2.43. The summed E-state index contributed by atoms with van der Waals surface area (Å²) in [4.78, 5) is 14.5. The Kier molecular flexibility index (Phi) is 3.06. The Balaban J connectivity index is 1.92. The van der Waals surface area contributed by atoms with Crippen molar-refractivity contribution in [1.29, 1.82) is 0 Å². The van der Waals surface area contributed by atoms with Crippen LogP contribution in [0.4, 0.5) is 0 Å². The van der Waals surface area contributed by atoms with Crippen LogP contribution in [-0.2, 0) is 6.67 Å². The monoisotopic (exact) mass is 244 g/mol. The van der Waals surface area contributed by atoms with Crippen molar-refractivity contribution in [3.63, 3.8) is 0 Å². The number of aromatic nitrogens is 3. The second-order valence-electron chi connectivity index (χ2n) is 4.73. The summed E-state index contributed by atoms with van der Waals surface area (Å²) in [7, 11) is 0. The maximum atomic E-state index is 12.2. The van der Waals surface area contributed by atoms with Gasteiger partial charge in [-0.3, -0.25) is 9.69 Å². The van der Waals surface area contributed by atoms with Gasteiger partial charge in [0.25, 0.3) is 5.56 Å². The molecule has 5 heteroatoms. The summed E-state index contributed by atoms with van der Waals surface area (Å²) in [5.41, 5.74) is 0.614. The Morgan fingerprint density at radius 2 is 1.89 bits per heavy atom. The first-order valence-electron chi connectivity index (χ1n) is 6.39. The van der Waals surface area contributed by atoms with Crippen LogP contribution in [0.1, 0.15) is 19.3 Å². The molecule has 1 aliphatic rings. The topological polar surface area (TPSA) is 51.0 Å². The van der Waals surface area contributed by atoms with Crippen molar-refractivity contribution in [2.75, 3.05) is 13.1 Å². The zero-order valence-electron chi connectivity index (χ0n) is 10.2. The van der Waals surface area contributed by atoms with Crippen molar-refractivity contribution in [2.24, 2.45) is 0 Å². The first-order valence-corrected chi connectivity index (χ1v) is 6.39. The van der Waals surface area contributed by atoms with Crippen LogP contribution in [0.2, 0.25) is 0 Å². The van der Waals surface area contributed by atoms with E-state index in [4.69, 9.17) is 0 Å². The van der Waals surface area contributed by atoms with Gasteiger partial charge in [-0.2, -0.15) is 4.68 Å². The Bertz CT molecular complexity index is 601. The number of likely N-dealkylation sites (tertiary alicyclic amines) is 1. The summed E-state index contributed by atoms with van der Waals surface area (Å²) in [6.45, 7) is 2.64. The predicted octanol–water partition coefficient (Wildman–Crippen LogP) is 1.23. The molecule has 1 aromatic carbocycles. The lowest BCUT2D eigenvalue weighted by Crippen LogP contribution is -2.37. The maximum Gasteiger partial charge on any atom is 0.278 e. The van der Waals surface area contributed by atoms with Gasteiger partial charge in [0, 0.05) is 0 Å². The first kappa shape index (κ1) is 11.3. The fraction of sp³-hybridized carbons (Fsp3) is 0.462. The second kappa shape index (κ2) is 4.86. The van der Waals surface area contributed by atoms with Crippen molar-refractivity contribution >= 4 is 10.9 Å². The molecule has 18 heavy (non-hydrogen) atoms. The largest absolute Gasteiger partial charge is 0.284 e. The van der Waals surface area contributed by atoms with Crippen LogP contribution in [0, 0.1) is 0 Å². The van der Waals surface area contributed by atoms with E-state index in [0.29, 0.717) is 17.6 Å². The molecule has 0 aliphatic carbocycles. The summed E-state index contributed by atoms with van der Waals surface area (Å²) in [5.74, 6) is 0. The van der Waals surface area contributed by atoms with Gasteiger partial charge in [0.05, 0.1) is 12.1 Å². The van der Waals surface area contributed by atoms with Gasteiger partial charge in [0.15, 0.2) is 0 Å². The summed E-state index contributed by atoms with van der Waals surface area (Å²) in [6, 6.07) is 7.34. The summed E-state index contributed by atoms with van der Waals surface area (Å²) in [6.07, 6.45) is 3.69. The van der Waals surface area contributed by atoms with Crippen molar-refractivity contribution in [2.45, 2.75) is 25.9 Å². The van der Waals surface area contributed by atoms with E-state index in [1.54, 1.807) is 6.07 Å². The third-order valence-corrected chi connectivity index (χ3v) is 3.41. The fourth-order valence-electron chi connectivity index (χ4n) is 2.41. The smallest absolute Gasteiger partial charge is 0.278 e. The third-order valence-electron chi connectivity index (χ3n) is 3.41. The van der Waals surface area contributed by atoms with E-state index in [0.717, 1.165) is 13.1 Å². The summed E-state index contributed by atoms with van der Waals surface area (Å²) in [5, 5.41) is 8.75. The SMILES string of the molecule is O=c1c2ccccc2nnn1CN1CCCCC1. The van der Waals surface area contributed by atoms with E-state index in [9.17, 15) is 4.79 Å². The number of nitrogens with zero attached hydrogens (tertiary/aromatic N) is 4. The van der Waals surface area contributed by atoms with Crippen molar-refractivity contribution in [3.05, 3.63) is 34.6 Å². The number of fused-ring (bicyclic) bond motifs is 1. The van der Waals surface area contributed by atoms with E-state index in [2.05, 4.69) is 15.2 Å². The van der Waals surface area contributed by atoms with E-state index in [1.807, 2.05) is 18.2 Å². The number of rotatable bonds is 2. The zero-order valence-corrected chi connectivity index (χ0v) is 10.2. The second-order valence-corrected chi connectivity index (χ2v) is 4.73. The fourth-order valence-corrected chi connectivity index (χ4v) is 2.41. The molecule has 0 radical (unpaired) electrons. The predicted molar refractivity (Wildman–Crippen MR) is 69.2 cm³/mol. The van der Waals surface area contributed by atoms with Crippen molar-refractivity contribution in [1.82, 2.24) is 19.9 Å². The summed E-state index contributed by atoms with van der Waals surface area (Å²) < 4.78 is 1.47. The minimum atomic E-state index is -0.0498. The molecular weight excluding hydrogens is 228 g/mol. The summed E-state index contributed by atoms with van der Waals surface area (Å²) >= 11 is 0. The van der Waals surface area contributed by atoms with E-state index < -0.39 is 0 Å². The maximum absolute atomic E-state index is 12.2.